The third-order valence-corrected chi connectivity index (χ3v) is 5.06. The Balaban J connectivity index is 1.83. The van der Waals surface area contributed by atoms with Gasteiger partial charge in [-0.15, -0.1) is 0 Å². The van der Waals surface area contributed by atoms with Crippen molar-refractivity contribution in [2.75, 3.05) is 6.61 Å². The fourth-order valence-electron chi connectivity index (χ4n) is 3.33. The minimum absolute atomic E-state index is 0.0309. The highest BCUT2D eigenvalue weighted by Gasteiger charge is 2.20. The zero-order valence-electron chi connectivity index (χ0n) is 13.9. The third-order valence-electron chi connectivity index (χ3n) is 4.57. The van der Waals surface area contributed by atoms with Gasteiger partial charge in [0.2, 0.25) is 0 Å². The Labute approximate surface area is 157 Å². The molecule has 0 aliphatic carbocycles. The second-order valence-corrected chi connectivity index (χ2v) is 7.11. The van der Waals surface area contributed by atoms with Crippen LogP contribution in [0.3, 0.4) is 0 Å². The number of benzene rings is 3. The summed E-state index contributed by atoms with van der Waals surface area (Å²) < 4.78 is 7.23. The Morgan fingerprint density at radius 1 is 0.880 bits per heavy atom. The molecule has 1 unspecified atom stereocenters. The first kappa shape index (κ1) is 16.3. The Hall–Kier alpha value is -2.16. The average Bonchev–Trinajstić information content (AvgIpc) is 2.67. The van der Waals surface area contributed by atoms with Crippen molar-refractivity contribution in [1.82, 2.24) is 0 Å². The van der Waals surface area contributed by atoms with E-state index in [9.17, 15) is 0 Å². The molecule has 0 saturated heterocycles. The Bertz CT molecular complexity index is 843. The normalized spacial score (nSPS) is 16.1. The van der Waals surface area contributed by atoms with Gasteiger partial charge in [-0.25, -0.2) is 0 Å². The van der Waals surface area contributed by atoms with E-state index in [0.717, 1.165) is 17.5 Å². The van der Waals surface area contributed by atoms with Crippen molar-refractivity contribution in [3.05, 3.63) is 112 Å². The molecular weight excluding hydrogens is 372 g/mol. The molecule has 1 aliphatic heterocycles. The summed E-state index contributed by atoms with van der Waals surface area (Å²) in [5.74, 6) is 0. The zero-order valence-corrected chi connectivity index (χ0v) is 15.4. The maximum atomic E-state index is 6.14. The molecular formula is C23H19BrO. The van der Waals surface area contributed by atoms with Gasteiger partial charge in [0.15, 0.2) is 0 Å². The molecule has 3 aromatic carbocycles. The maximum absolute atomic E-state index is 6.14. The van der Waals surface area contributed by atoms with Gasteiger partial charge in [-0.3, -0.25) is 0 Å². The lowest BCUT2D eigenvalue weighted by atomic mass is 9.92. The fourth-order valence-corrected chi connectivity index (χ4v) is 3.71. The van der Waals surface area contributed by atoms with Crippen molar-refractivity contribution < 1.29 is 4.74 Å². The first-order valence-corrected chi connectivity index (χ1v) is 9.33. The monoisotopic (exact) mass is 390 g/mol. The van der Waals surface area contributed by atoms with Crippen LogP contribution < -0.4 is 0 Å². The van der Waals surface area contributed by atoms with E-state index in [1.54, 1.807) is 0 Å². The average molecular weight is 391 g/mol. The largest absolute Gasteiger partial charge is 0.369 e. The van der Waals surface area contributed by atoms with Crippen LogP contribution in [0.25, 0.3) is 5.57 Å². The van der Waals surface area contributed by atoms with E-state index in [-0.39, 0.29) is 6.10 Å². The maximum Gasteiger partial charge on any atom is 0.102 e. The fraction of sp³-hybridized carbons (Fsp3) is 0.130. The number of rotatable bonds is 3. The Kier molecular flexibility index (Phi) is 4.82. The van der Waals surface area contributed by atoms with E-state index in [4.69, 9.17) is 4.74 Å². The SMILES string of the molecule is Brc1ccc2c(c1)C(C=C(c1ccccc1)c1ccccc1)OCC2. The first-order valence-electron chi connectivity index (χ1n) is 8.54. The lowest BCUT2D eigenvalue weighted by Crippen LogP contribution is -2.15. The van der Waals surface area contributed by atoms with Gasteiger partial charge < -0.3 is 4.74 Å². The van der Waals surface area contributed by atoms with E-state index in [2.05, 4.69) is 101 Å². The quantitative estimate of drug-likeness (QED) is 0.517. The van der Waals surface area contributed by atoms with Crippen LogP contribution in [0.2, 0.25) is 0 Å². The van der Waals surface area contributed by atoms with Gasteiger partial charge in [0.1, 0.15) is 6.10 Å². The van der Waals surface area contributed by atoms with Crippen LogP contribution in [0, 0.1) is 0 Å². The number of hydrogen-bond donors (Lipinski definition) is 0. The van der Waals surface area contributed by atoms with Crippen molar-refractivity contribution in [2.45, 2.75) is 12.5 Å². The molecule has 1 aliphatic rings. The van der Waals surface area contributed by atoms with E-state index >= 15 is 0 Å². The van der Waals surface area contributed by atoms with E-state index < -0.39 is 0 Å². The molecule has 3 aromatic rings. The van der Waals surface area contributed by atoms with E-state index in [1.807, 2.05) is 0 Å². The van der Waals surface area contributed by atoms with Crippen LogP contribution in [-0.2, 0) is 11.2 Å². The predicted octanol–water partition coefficient (Wildman–Crippen LogP) is 6.19. The van der Waals surface area contributed by atoms with Gasteiger partial charge in [-0.2, -0.15) is 0 Å². The van der Waals surface area contributed by atoms with Crippen molar-refractivity contribution in [1.29, 1.82) is 0 Å². The highest BCUT2D eigenvalue weighted by atomic mass is 79.9. The van der Waals surface area contributed by atoms with Crippen LogP contribution >= 0.6 is 15.9 Å². The summed E-state index contributed by atoms with van der Waals surface area (Å²) >= 11 is 3.60. The third kappa shape index (κ3) is 3.60. The van der Waals surface area contributed by atoms with Crippen LogP contribution in [0.1, 0.15) is 28.4 Å². The molecule has 0 amide bonds. The lowest BCUT2D eigenvalue weighted by Gasteiger charge is -2.25. The summed E-state index contributed by atoms with van der Waals surface area (Å²) in [5.41, 5.74) is 6.25. The summed E-state index contributed by atoms with van der Waals surface area (Å²) in [7, 11) is 0. The molecule has 0 spiro atoms. The molecule has 0 saturated carbocycles. The molecule has 1 heterocycles. The zero-order chi connectivity index (χ0) is 17.1. The van der Waals surface area contributed by atoms with Crippen LogP contribution in [0.4, 0.5) is 0 Å². The van der Waals surface area contributed by atoms with Gasteiger partial charge in [-0.1, -0.05) is 82.7 Å². The van der Waals surface area contributed by atoms with Crippen molar-refractivity contribution in [2.24, 2.45) is 0 Å². The summed E-state index contributed by atoms with van der Waals surface area (Å²) in [4.78, 5) is 0. The van der Waals surface area contributed by atoms with Crippen molar-refractivity contribution in [3.63, 3.8) is 0 Å². The first-order chi connectivity index (χ1) is 12.3. The number of halogens is 1. The van der Waals surface area contributed by atoms with Gasteiger partial charge in [0, 0.05) is 4.47 Å². The van der Waals surface area contributed by atoms with Crippen LogP contribution in [-0.4, -0.2) is 6.61 Å². The predicted molar refractivity (Wildman–Crippen MR) is 107 cm³/mol. The molecule has 0 aromatic heterocycles. The number of hydrogen-bond acceptors (Lipinski definition) is 1. The molecule has 0 N–H and O–H groups in total. The summed E-state index contributed by atoms with van der Waals surface area (Å²) in [6.07, 6.45) is 3.20. The minimum Gasteiger partial charge on any atom is -0.369 e. The second kappa shape index (κ2) is 7.38. The van der Waals surface area contributed by atoms with Crippen molar-refractivity contribution >= 4 is 21.5 Å². The number of ether oxygens (including phenoxy) is 1. The van der Waals surface area contributed by atoms with Crippen LogP contribution in [0.15, 0.2) is 89.4 Å². The smallest absolute Gasteiger partial charge is 0.102 e. The van der Waals surface area contributed by atoms with E-state index in [1.165, 1.54) is 27.8 Å². The molecule has 25 heavy (non-hydrogen) atoms. The summed E-state index contributed by atoms with van der Waals surface area (Å²) in [6, 6.07) is 27.6. The van der Waals surface area contributed by atoms with Gasteiger partial charge >= 0.3 is 0 Å². The molecule has 4 rings (SSSR count). The molecule has 0 fully saturated rings. The standard InChI is InChI=1S/C23H19BrO/c24-20-12-11-19-13-14-25-23(22(19)15-20)16-21(17-7-3-1-4-8-17)18-9-5-2-6-10-18/h1-12,15-16,23H,13-14H2. The summed E-state index contributed by atoms with van der Waals surface area (Å²) in [5, 5.41) is 0. The summed E-state index contributed by atoms with van der Waals surface area (Å²) in [6.45, 7) is 0.757. The van der Waals surface area contributed by atoms with Crippen molar-refractivity contribution in [3.8, 4) is 0 Å². The topological polar surface area (TPSA) is 9.23 Å². The van der Waals surface area contributed by atoms with Gasteiger partial charge in [0.05, 0.1) is 6.61 Å². The molecule has 1 atom stereocenters. The Morgan fingerprint density at radius 3 is 2.16 bits per heavy atom. The molecule has 124 valence electrons. The molecule has 1 nitrogen and oxygen atoms in total. The molecule has 0 radical (unpaired) electrons. The van der Waals surface area contributed by atoms with Gasteiger partial charge in [-0.05, 0) is 52.5 Å². The molecule has 0 bridgehead atoms. The minimum atomic E-state index is -0.0309. The van der Waals surface area contributed by atoms with Gasteiger partial charge in [0.25, 0.3) is 0 Å². The molecule has 2 heteroatoms. The number of fused-ring (bicyclic) bond motifs is 1. The second-order valence-electron chi connectivity index (χ2n) is 6.20. The Morgan fingerprint density at radius 2 is 1.52 bits per heavy atom. The van der Waals surface area contributed by atoms with E-state index in [0.29, 0.717) is 0 Å². The highest BCUT2D eigenvalue weighted by molar-refractivity contribution is 9.10. The lowest BCUT2D eigenvalue weighted by molar-refractivity contribution is 0.0753. The highest BCUT2D eigenvalue weighted by Crippen LogP contribution is 2.34. The van der Waals surface area contributed by atoms with Crippen LogP contribution in [0.5, 0.6) is 0 Å².